The predicted octanol–water partition coefficient (Wildman–Crippen LogP) is 2.38. The van der Waals surface area contributed by atoms with Crippen molar-refractivity contribution in [3.8, 4) is 0 Å². The molecule has 5 heteroatoms. The van der Waals surface area contributed by atoms with Crippen LogP contribution in [-0.2, 0) is 0 Å². The van der Waals surface area contributed by atoms with Gasteiger partial charge in [0.1, 0.15) is 0 Å². The third kappa shape index (κ3) is 3.61. The molecule has 1 aliphatic rings. The van der Waals surface area contributed by atoms with Crippen molar-refractivity contribution >= 4 is 5.78 Å². The van der Waals surface area contributed by atoms with Crippen LogP contribution in [0.5, 0.6) is 0 Å². The lowest BCUT2D eigenvalue weighted by Gasteiger charge is -2.27. The fourth-order valence-electron chi connectivity index (χ4n) is 2.60. The third-order valence-corrected chi connectivity index (χ3v) is 3.80. The molecule has 1 aromatic carbocycles. The smallest absolute Gasteiger partial charge is 0.176 e. The Morgan fingerprint density at radius 2 is 2.05 bits per heavy atom. The zero-order valence-electron chi connectivity index (χ0n) is 11.3. The first-order valence-corrected chi connectivity index (χ1v) is 6.95. The molecule has 0 saturated carbocycles. The maximum absolute atomic E-state index is 13.1. The maximum atomic E-state index is 13.1. The molecule has 3 nitrogen and oxygen atoms in total. The van der Waals surface area contributed by atoms with Crippen LogP contribution in [0.2, 0.25) is 0 Å². The van der Waals surface area contributed by atoms with E-state index in [4.69, 9.17) is 0 Å². The van der Waals surface area contributed by atoms with Gasteiger partial charge in [0.25, 0.3) is 0 Å². The number of Topliss-reactive ketones (excluding diaryl/α,β-unsaturated/α-hetero) is 1. The van der Waals surface area contributed by atoms with Gasteiger partial charge in [-0.15, -0.1) is 0 Å². The molecule has 2 rings (SSSR count). The van der Waals surface area contributed by atoms with Gasteiger partial charge in [-0.1, -0.05) is 12.8 Å². The molecule has 1 aliphatic heterocycles. The first kappa shape index (κ1) is 15.1. The fraction of sp³-hybridized carbons (Fsp3) is 0.533. The van der Waals surface area contributed by atoms with Crippen LogP contribution in [0.4, 0.5) is 8.78 Å². The number of aliphatic hydroxyl groups is 1. The van der Waals surface area contributed by atoms with E-state index in [1.807, 2.05) is 4.90 Å². The summed E-state index contributed by atoms with van der Waals surface area (Å²) in [5.41, 5.74) is 0.171. The minimum atomic E-state index is -1.01. The van der Waals surface area contributed by atoms with Crippen molar-refractivity contribution in [2.75, 3.05) is 19.7 Å². The van der Waals surface area contributed by atoms with Crippen LogP contribution in [0.25, 0.3) is 0 Å². The monoisotopic (exact) mass is 283 g/mol. The summed E-state index contributed by atoms with van der Waals surface area (Å²) in [5.74, 6) is -2.21. The van der Waals surface area contributed by atoms with Crippen molar-refractivity contribution in [1.82, 2.24) is 4.90 Å². The number of rotatable bonds is 4. The standard InChI is InChI=1S/C15H19F2NO2/c16-13-6-5-11(8-14(13)17)15(20)9-18-7-3-1-2-4-12(18)10-19/h5-6,8,12,19H,1-4,7,9-10H2. The Morgan fingerprint density at radius 1 is 1.25 bits per heavy atom. The van der Waals surface area contributed by atoms with E-state index in [0.717, 1.165) is 44.4 Å². The molecule has 0 amide bonds. The van der Waals surface area contributed by atoms with Gasteiger partial charge in [0.05, 0.1) is 13.2 Å². The van der Waals surface area contributed by atoms with Crippen LogP contribution in [0.1, 0.15) is 36.0 Å². The summed E-state index contributed by atoms with van der Waals surface area (Å²) in [4.78, 5) is 14.1. The van der Waals surface area contributed by atoms with Crippen molar-refractivity contribution in [2.45, 2.75) is 31.7 Å². The van der Waals surface area contributed by atoms with Gasteiger partial charge in [0, 0.05) is 11.6 Å². The van der Waals surface area contributed by atoms with Crippen LogP contribution in [-0.4, -0.2) is 41.5 Å². The first-order chi connectivity index (χ1) is 9.61. The van der Waals surface area contributed by atoms with Gasteiger partial charge in [-0.3, -0.25) is 9.69 Å². The van der Waals surface area contributed by atoms with Crippen molar-refractivity contribution in [1.29, 1.82) is 0 Å². The van der Waals surface area contributed by atoms with E-state index in [9.17, 15) is 18.7 Å². The number of ketones is 1. The van der Waals surface area contributed by atoms with E-state index in [-0.39, 0.29) is 30.5 Å². The van der Waals surface area contributed by atoms with E-state index in [1.165, 1.54) is 6.07 Å². The fourth-order valence-corrected chi connectivity index (χ4v) is 2.60. The van der Waals surface area contributed by atoms with E-state index in [2.05, 4.69) is 0 Å². The molecule has 0 aliphatic carbocycles. The van der Waals surface area contributed by atoms with Crippen LogP contribution in [0.3, 0.4) is 0 Å². The summed E-state index contributed by atoms with van der Waals surface area (Å²) in [5, 5.41) is 9.39. The highest BCUT2D eigenvalue weighted by Crippen LogP contribution is 2.17. The first-order valence-electron chi connectivity index (χ1n) is 6.95. The Bertz CT molecular complexity index is 479. The van der Waals surface area contributed by atoms with Gasteiger partial charge < -0.3 is 5.11 Å². The second-order valence-corrected chi connectivity index (χ2v) is 5.21. The number of nitrogens with zero attached hydrogens (tertiary/aromatic N) is 1. The molecule has 110 valence electrons. The molecular formula is C15H19F2NO2. The van der Waals surface area contributed by atoms with Gasteiger partial charge in [0.2, 0.25) is 0 Å². The summed E-state index contributed by atoms with van der Waals surface area (Å²) < 4.78 is 26.0. The molecule has 1 atom stereocenters. The lowest BCUT2D eigenvalue weighted by Crippen LogP contribution is -2.40. The molecule has 1 fully saturated rings. The van der Waals surface area contributed by atoms with Crippen molar-refractivity contribution in [2.24, 2.45) is 0 Å². The Labute approximate surface area is 117 Å². The van der Waals surface area contributed by atoms with E-state index < -0.39 is 11.6 Å². The molecule has 0 spiro atoms. The zero-order chi connectivity index (χ0) is 14.5. The summed E-state index contributed by atoms with van der Waals surface area (Å²) >= 11 is 0. The number of carbonyl (C=O) groups is 1. The van der Waals surface area contributed by atoms with Crippen LogP contribution in [0, 0.1) is 11.6 Å². The largest absolute Gasteiger partial charge is 0.395 e. The lowest BCUT2D eigenvalue weighted by molar-refractivity contribution is 0.0825. The number of hydrogen-bond donors (Lipinski definition) is 1. The Morgan fingerprint density at radius 3 is 2.75 bits per heavy atom. The van der Waals surface area contributed by atoms with Crippen molar-refractivity contribution in [3.63, 3.8) is 0 Å². The summed E-state index contributed by atoms with van der Waals surface area (Å²) in [6.45, 7) is 0.905. The Hall–Kier alpha value is -1.33. The van der Waals surface area contributed by atoms with Crippen molar-refractivity contribution < 1.29 is 18.7 Å². The van der Waals surface area contributed by atoms with Gasteiger partial charge in [0.15, 0.2) is 17.4 Å². The summed E-state index contributed by atoms with van der Waals surface area (Å²) in [6.07, 6.45) is 3.98. The third-order valence-electron chi connectivity index (χ3n) is 3.80. The average molecular weight is 283 g/mol. The summed E-state index contributed by atoms with van der Waals surface area (Å²) in [6, 6.07) is 3.18. The molecule has 0 aromatic heterocycles. The lowest BCUT2D eigenvalue weighted by atomic mass is 10.1. The highest BCUT2D eigenvalue weighted by Gasteiger charge is 2.23. The van der Waals surface area contributed by atoms with Gasteiger partial charge in [-0.05, 0) is 37.6 Å². The van der Waals surface area contributed by atoms with Crippen LogP contribution < -0.4 is 0 Å². The molecule has 1 aromatic rings. The number of halogens is 2. The molecule has 0 bridgehead atoms. The number of benzene rings is 1. The molecule has 0 radical (unpaired) electrons. The van der Waals surface area contributed by atoms with E-state index in [0.29, 0.717) is 0 Å². The van der Waals surface area contributed by atoms with Gasteiger partial charge >= 0.3 is 0 Å². The van der Waals surface area contributed by atoms with Crippen LogP contribution in [0.15, 0.2) is 18.2 Å². The SMILES string of the molecule is O=C(CN1CCCCCC1CO)c1ccc(F)c(F)c1. The minimum absolute atomic E-state index is 0.0189. The molecule has 1 unspecified atom stereocenters. The molecule has 1 saturated heterocycles. The summed E-state index contributed by atoms with van der Waals surface area (Å²) in [7, 11) is 0. The van der Waals surface area contributed by atoms with Crippen molar-refractivity contribution in [3.05, 3.63) is 35.4 Å². The minimum Gasteiger partial charge on any atom is -0.395 e. The average Bonchev–Trinajstić information content (AvgIpc) is 2.66. The van der Waals surface area contributed by atoms with Gasteiger partial charge in [-0.25, -0.2) is 8.78 Å². The number of carbonyl (C=O) groups excluding carboxylic acids is 1. The normalized spacial score (nSPS) is 20.6. The molecule has 1 heterocycles. The zero-order valence-corrected chi connectivity index (χ0v) is 11.3. The predicted molar refractivity (Wildman–Crippen MR) is 71.6 cm³/mol. The Kier molecular flexibility index (Phi) is 5.20. The molecule has 20 heavy (non-hydrogen) atoms. The van der Waals surface area contributed by atoms with E-state index >= 15 is 0 Å². The highest BCUT2D eigenvalue weighted by atomic mass is 19.2. The second-order valence-electron chi connectivity index (χ2n) is 5.21. The van der Waals surface area contributed by atoms with E-state index in [1.54, 1.807) is 0 Å². The number of likely N-dealkylation sites (tertiary alicyclic amines) is 1. The number of hydrogen-bond acceptors (Lipinski definition) is 3. The second kappa shape index (κ2) is 6.90. The quantitative estimate of drug-likeness (QED) is 0.863. The molecule has 1 N–H and O–H groups in total. The van der Waals surface area contributed by atoms with Crippen LogP contribution >= 0.6 is 0 Å². The topological polar surface area (TPSA) is 40.5 Å². The molecular weight excluding hydrogens is 264 g/mol. The number of aliphatic hydroxyl groups excluding tert-OH is 1. The maximum Gasteiger partial charge on any atom is 0.176 e. The van der Waals surface area contributed by atoms with Gasteiger partial charge in [-0.2, -0.15) is 0 Å². The Balaban J connectivity index is 2.06. The highest BCUT2D eigenvalue weighted by molar-refractivity contribution is 5.97.